The summed E-state index contributed by atoms with van der Waals surface area (Å²) in [6, 6.07) is 17.4. The standard InChI is InChI=1S/C23H23ClN4OS/c24-20-9-7-19(8-10-20)23(29)28-12-4-11-27(13-14-28)21-15-25-16-22(26-21)30-17-18-5-2-1-3-6-18/h1-3,5-10,15-16H,4,11-14,17H2. The molecule has 1 amide bonds. The first-order chi connectivity index (χ1) is 14.7. The van der Waals surface area contributed by atoms with E-state index < -0.39 is 0 Å². The van der Waals surface area contributed by atoms with E-state index in [1.807, 2.05) is 35.5 Å². The number of rotatable bonds is 5. The highest BCUT2D eigenvalue weighted by Crippen LogP contribution is 2.23. The summed E-state index contributed by atoms with van der Waals surface area (Å²) < 4.78 is 0. The van der Waals surface area contributed by atoms with Gasteiger partial charge in [0.05, 0.1) is 12.4 Å². The first kappa shape index (κ1) is 20.7. The van der Waals surface area contributed by atoms with Gasteiger partial charge in [-0.25, -0.2) is 4.98 Å². The minimum absolute atomic E-state index is 0.0479. The van der Waals surface area contributed by atoms with Gasteiger partial charge in [0.1, 0.15) is 10.8 Å². The van der Waals surface area contributed by atoms with Crippen molar-refractivity contribution in [2.45, 2.75) is 17.2 Å². The highest BCUT2D eigenvalue weighted by Gasteiger charge is 2.21. The number of carbonyl (C=O) groups is 1. The average molecular weight is 439 g/mol. The van der Waals surface area contributed by atoms with E-state index in [1.54, 1.807) is 36.0 Å². The van der Waals surface area contributed by atoms with Crippen molar-refractivity contribution in [2.24, 2.45) is 0 Å². The number of nitrogens with zero attached hydrogens (tertiary/aromatic N) is 4. The maximum absolute atomic E-state index is 12.8. The van der Waals surface area contributed by atoms with Crippen LogP contribution in [0.15, 0.2) is 72.0 Å². The fourth-order valence-corrected chi connectivity index (χ4v) is 4.34. The summed E-state index contributed by atoms with van der Waals surface area (Å²) in [4.78, 5) is 26.1. The fourth-order valence-electron chi connectivity index (χ4n) is 3.42. The van der Waals surface area contributed by atoms with Gasteiger partial charge in [-0.15, -0.1) is 11.8 Å². The molecule has 1 saturated heterocycles. The van der Waals surface area contributed by atoms with Crippen LogP contribution in [0.25, 0.3) is 0 Å². The lowest BCUT2D eigenvalue weighted by Gasteiger charge is -2.23. The maximum atomic E-state index is 12.8. The Morgan fingerprint density at radius 3 is 2.57 bits per heavy atom. The monoisotopic (exact) mass is 438 g/mol. The minimum Gasteiger partial charge on any atom is -0.353 e. The van der Waals surface area contributed by atoms with Crippen molar-refractivity contribution in [3.05, 3.63) is 83.1 Å². The van der Waals surface area contributed by atoms with Gasteiger partial charge < -0.3 is 9.80 Å². The SMILES string of the molecule is O=C(c1ccc(Cl)cc1)N1CCCN(c2cncc(SCc3ccccc3)n2)CC1. The van der Waals surface area contributed by atoms with Crippen molar-refractivity contribution in [3.63, 3.8) is 0 Å². The van der Waals surface area contributed by atoms with Crippen LogP contribution in [-0.2, 0) is 5.75 Å². The Kier molecular flexibility index (Phi) is 6.87. The topological polar surface area (TPSA) is 49.3 Å². The average Bonchev–Trinajstić information content (AvgIpc) is 3.05. The summed E-state index contributed by atoms with van der Waals surface area (Å²) in [6.07, 6.45) is 4.51. The van der Waals surface area contributed by atoms with Crippen LogP contribution in [0.4, 0.5) is 5.82 Å². The van der Waals surface area contributed by atoms with Gasteiger partial charge in [-0.2, -0.15) is 0 Å². The second kappa shape index (κ2) is 9.96. The molecule has 3 aromatic rings. The zero-order valence-electron chi connectivity index (χ0n) is 16.6. The molecule has 0 aliphatic carbocycles. The Hall–Kier alpha value is -2.57. The van der Waals surface area contributed by atoms with Gasteiger partial charge in [0.15, 0.2) is 0 Å². The van der Waals surface area contributed by atoms with Gasteiger partial charge in [-0.05, 0) is 36.2 Å². The van der Waals surface area contributed by atoms with Crippen molar-refractivity contribution >= 4 is 35.1 Å². The van der Waals surface area contributed by atoms with Crippen LogP contribution in [0.5, 0.6) is 0 Å². The number of aromatic nitrogens is 2. The van der Waals surface area contributed by atoms with E-state index in [9.17, 15) is 4.79 Å². The van der Waals surface area contributed by atoms with Crippen LogP contribution in [-0.4, -0.2) is 47.0 Å². The van der Waals surface area contributed by atoms with Crippen LogP contribution in [0.3, 0.4) is 0 Å². The number of amides is 1. The van der Waals surface area contributed by atoms with Crippen molar-refractivity contribution in [2.75, 3.05) is 31.1 Å². The molecule has 1 aromatic heterocycles. The van der Waals surface area contributed by atoms with Gasteiger partial charge in [0, 0.05) is 42.5 Å². The molecule has 30 heavy (non-hydrogen) atoms. The van der Waals surface area contributed by atoms with Crippen molar-refractivity contribution in [1.29, 1.82) is 0 Å². The van der Waals surface area contributed by atoms with Gasteiger partial charge in [-0.1, -0.05) is 41.9 Å². The molecule has 2 aromatic carbocycles. The third-order valence-corrected chi connectivity index (χ3v) is 6.25. The zero-order valence-corrected chi connectivity index (χ0v) is 18.1. The summed E-state index contributed by atoms with van der Waals surface area (Å²) in [5, 5.41) is 1.55. The summed E-state index contributed by atoms with van der Waals surface area (Å²) in [6.45, 7) is 2.98. The van der Waals surface area contributed by atoms with Gasteiger partial charge >= 0.3 is 0 Å². The Bertz CT molecular complexity index is 984. The summed E-state index contributed by atoms with van der Waals surface area (Å²) in [5.74, 6) is 1.78. The smallest absolute Gasteiger partial charge is 0.253 e. The van der Waals surface area contributed by atoms with Gasteiger partial charge in [-0.3, -0.25) is 9.78 Å². The molecule has 4 rings (SSSR count). The first-order valence-electron chi connectivity index (χ1n) is 9.97. The summed E-state index contributed by atoms with van der Waals surface area (Å²) in [5.41, 5.74) is 1.94. The van der Waals surface area contributed by atoms with Crippen molar-refractivity contribution < 1.29 is 4.79 Å². The number of thioether (sulfide) groups is 1. The largest absolute Gasteiger partial charge is 0.353 e. The lowest BCUT2D eigenvalue weighted by atomic mass is 10.2. The third-order valence-electron chi connectivity index (χ3n) is 5.03. The van der Waals surface area contributed by atoms with Crippen molar-refractivity contribution in [1.82, 2.24) is 14.9 Å². The van der Waals surface area contributed by atoms with E-state index in [-0.39, 0.29) is 5.91 Å². The van der Waals surface area contributed by atoms with Crippen LogP contribution in [0, 0.1) is 0 Å². The van der Waals surface area contributed by atoms with E-state index >= 15 is 0 Å². The third kappa shape index (κ3) is 5.32. The molecule has 5 nitrogen and oxygen atoms in total. The minimum atomic E-state index is 0.0479. The second-order valence-corrected chi connectivity index (χ2v) is 8.56. The van der Waals surface area contributed by atoms with Crippen LogP contribution in [0.1, 0.15) is 22.3 Å². The summed E-state index contributed by atoms with van der Waals surface area (Å²) >= 11 is 7.62. The molecular formula is C23H23ClN4OS. The maximum Gasteiger partial charge on any atom is 0.253 e. The zero-order chi connectivity index (χ0) is 20.8. The molecule has 0 unspecified atom stereocenters. The molecule has 0 saturated carbocycles. The lowest BCUT2D eigenvalue weighted by Crippen LogP contribution is -2.35. The second-order valence-electron chi connectivity index (χ2n) is 7.13. The predicted octanol–water partition coefficient (Wildman–Crippen LogP) is 4.77. The quantitative estimate of drug-likeness (QED) is 0.537. The molecule has 0 bridgehead atoms. The van der Waals surface area contributed by atoms with Crippen LogP contribution >= 0.6 is 23.4 Å². The highest BCUT2D eigenvalue weighted by molar-refractivity contribution is 7.98. The Morgan fingerprint density at radius 1 is 0.967 bits per heavy atom. The molecule has 1 aliphatic heterocycles. The molecule has 7 heteroatoms. The van der Waals surface area contributed by atoms with E-state index in [0.717, 1.165) is 42.7 Å². The molecule has 0 spiro atoms. The van der Waals surface area contributed by atoms with Crippen molar-refractivity contribution in [3.8, 4) is 0 Å². The lowest BCUT2D eigenvalue weighted by molar-refractivity contribution is 0.0767. The molecule has 1 fully saturated rings. The van der Waals surface area contributed by atoms with Gasteiger partial charge in [0.25, 0.3) is 5.91 Å². The molecule has 154 valence electrons. The normalized spacial score (nSPS) is 14.4. The molecule has 1 aliphatic rings. The van der Waals surface area contributed by atoms with E-state index in [1.165, 1.54) is 5.56 Å². The molecule has 2 heterocycles. The number of hydrogen-bond donors (Lipinski definition) is 0. The van der Waals surface area contributed by atoms with Gasteiger partial charge in [0.2, 0.25) is 0 Å². The van der Waals surface area contributed by atoms with E-state index in [4.69, 9.17) is 16.6 Å². The number of carbonyl (C=O) groups excluding carboxylic acids is 1. The summed E-state index contributed by atoms with van der Waals surface area (Å²) in [7, 11) is 0. The van der Waals surface area contributed by atoms with E-state index in [0.29, 0.717) is 17.1 Å². The number of halogens is 1. The number of benzene rings is 2. The highest BCUT2D eigenvalue weighted by atomic mass is 35.5. The molecule has 0 radical (unpaired) electrons. The molecular weight excluding hydrogens is 416 g/mol. The number of hydrogen-bond acceptors (Lipinski definition) is 5. The predicted molar refractivity (Wildman–Crippen MR) is 122 cm³/mol. The fraction of sp³-hybridized carbons (Fsp3) is 0.261. The Labute approximate surface area is 186 Å². The molecule has 0 atom stereocenters. The number of anilines is 1. The molecule has 0 N–H and O–H groups in total. The Morgan fingerprint density at radius 2 is 1.77 bits per heavy atom. The van der Waals surface area contributed by atoms with E-state index in [2.05, 4.69) is 22.0 Å². The van der Waals surface area contributed by atoms with Crippen LogP contribution in [0.2, 0.25) is 5.02 Å². The Balaban J connectivity index is 1.38. The first-order valence-corrected chi connectivity index (χ1v) is 11.3. The van der Waals surface area contributed by atoms with Crippen LogP contribution < -0.4 is 4.90 Å².